The predicted molar refractivity (Wildman–Crippen MR) is 119 cm³/mol. The molecule has 4 rings (SSSR count). The van der Waals surface area contributed by atoms with Crippen LogP contribution in [0.5, 0.6) is 5.75 Å². The van der Waals surface area contributed by atoms with Gasteiger partial charge in [-0.05, 0) is 49.1 Å². The van der Waals surface area contributed by atoms with Gasteiger partial charge in [0.15, 0.2) is 0 Å². The highest BCUT2D eigenvalue weighted by molar-refractivity contribution is 6.29. The molecule has 172 valence electrons. The summed E-state index contributed by atoms with van der Waals surface area (Å²) in [6, 6.07) is 9.66. The Bertz CT molecular complexity index is 1260. The van der Waals surface area contributed by atoms with Gasteiger partial charge in [0, 0.05) is 18.2 Å². The van der Waals surface area contributed by atoms with Gasteiger partial charge in [-0.2, -0.15) is 18.3 Å². The molecule has 0 saturated heterocycles. The molecule has 0 unspecified atom stereocenters. The Balaban J connectivity index is 1.56. The maximum Gasteiger partial charge on any atom is 0.393 e. The van der Waals surface area contributed by atoms with Crippen LogP contribution in [0.4, 0.5) is 18.9 Å². The van der Waals surface area contributed by atoms with Crippen molar-refractivity contribution >= 4 is 28.7 Å². The lowest BCUT2D eigenvalue weighted by atomic mass is 10.1. The van der Waals surface area contributed by atoms with Crippen LogP contribution in [0.2, 0.25) is 5.15 Å². The molecule has 3 aromatic rings. The van der Waals surface area contributed by atoms with Gasteiger partial charge in [0.1, 0.15) is 16.6 Å². The van der Waals surface area contributed by atoms with Crippen LogP contribution in [0.1, 0.15) is 34.5 Å². The number of fused-ring (bicyclic) bond motifs is 1. The molecular formula is C23H20ClF3N4O2. The zero-order chi connectivity index (χ0) is 23.6. The monoisotopic (exact) mass is 476 g/mol. The summed E-state index contributed by atoms with van der Waals surface area (Å²) in [6.07, 6.45) is -3.57. The quantitative estimate of drug-likeness (QED) is 0.407. The Morgan fingerprint density at radius 2 is 2.09 bits per heavy atom. The number of nitrogens with zero attached hydrogens (tertiary/aromatic N) is 2. The number of carbonyl (C=O) groups excluding carboxylic acids is 1. The Morgan fingerprint density at radius 3 is 2.79 bits per heavy atom. The second kappa shape index (κ2) is 9.24. The minimum Gasteiger partial charge on any atom is -0.488 e. The molecule has 2 aromatic heterocycles. The minimum absolute atomic E-state index is 0.0200. The number of hydrogen-bond donors (Lipinski definition) is 2. The van der Waals surface area contributed by atoms with Crippen LogP contribution in [-0.4, -0.2) is 41.4 Å². The van der Waals surface area contributed by atoms with Crippen molar-refractivity contribution < 1.29 is 22.7 Å². The molecule has 6 nitrogen and oxygen atoms in total. The Morgan fingerprint density at radius 1 is 1.30 bits per heavy atom. The number of nitrogens with one attached hydrogen (secondary N) is 2. The van der Waals surface area contributed by atoms with Crippen LogP contribution in [0.3, 0.4) is 0 Å². The van der Waals surface area contributed by atoms with E-state index in [4.69, 9.17) is 16.3 Å². The van der Waals surface area contributed by atoms with Gasteiger partial charge in [-0.15, -0.1) is 0 Å². The van der Waals surface area contributed by atoms with Crippen molar-refractivity contribution in [2.24, 2.45) is 0 Å². The van der Waals surface area contributed by atoms with Crippen molar-refractivity contribution in [3.05, 3.63) is 58.4 Å². The molecule has 10 heteroatoms. The van der Waals surface area contributed by atoms with E-state index in [1.54, 1.807) is 37.4 Å². The normalized spacial score (nSPS) is 13.4. The van der Waals surface area contributed by atoms with Crippen molar-refractivity contribution in [3.63, 3.8) is 0 Å². The Labute approximate surface area is 193 Å². The van der Waals surface area contributed by atoms with Gasteiger partial charge in [-0.25, -0.2) is 4.52 Å². The third-order valence-electron chi connectivity index (χ3n) is 4.95. The summed E-state index contributed by atoms with van der Waals surface area (Å²) >= 11 is 6.08. The number of hydrogen-bond acceptors (Lipinski definition) is 4. The molecule has 0 spiro atoms. The second-order valence-corrected chi connectivity index (χ2v) is 7.91. The van der Waals surface area contributed by atoms with E-state index in [0.717, 1.165) is 12.8 Å². The van der Waals surface area contributed by atoms with Crippen molar-refractivity contribution in [2.75, 3.05) is 18.9 Å². The standard InChI is InChI=1S/C23H20ClF3N4O2/c1-28-22(32)14-7-10-18(20(12-14)33-15-8-9-15)29-11-3-4-17-16(13-23(25,26)27)19-5-2-6-21(24)31(19)30-17/h2,5-7,10,12,15,29H,8-9,11,13H2,1H3,(H,28,32). The Kier molecular flexibility index (Phi) is 6.38. The third kappa shape index (κ3) is 5.52. The van der Waals surface area contributed by atoms with Gasteiger partial charge in [0.05, 0.1) is 30.3 Å². The average Bonchev–Trinajstić information content (AvgIpc) is 3.52. The number of anilines is 1. The fourth-order valence-corrected chi connectivity index (χ4v) is 3.45. The summed E-state index contributed by atoms with van der Waals surface area (Å²) in [5, 5.41) is 10.0. The third-order valence-corrected chi connectivity index (χ3v) is 5.24. The number of pyridine rings is 1. The molecule has 0 atom stereocenters. The van der Waals surface area contributed by atoms with Gasteiger partial charge in [0.25, 0.3) is 5.91 Å². The number of alkyl halides is 3. The number of amides is 1. The molecule has 1 fully saturated rings. The first-order valence-electron chi connectivity index (χ1n) is 10.2. The summed E-state index contributed by atoms with van der Waals surface area (Å²) in [5.74, 6) is 5.84. The summed E-state index contributed by atoms with van der Waals surface area (Å²) in [6.45, 7) is 0.132. The first-order valence-corrected chi connectivity index (χ1v) is 10.6. The molecule has 1 saturated carbocycles. The van der Waals surface area contributed by atoms with E-state index in [-0.39, 0.29) is 40.5 Å². The van der Waals surface area contributed by atoms with Crippen molar-refractivity contribution in [2.45, 2.75) is 31.5 Å². The van der Waals surface area contributed by atoms with E-state index in [2.05, 4.69) is 27.6 Å². The largest absolute Gasteiger partial charge is 0.488 e. The molecule has 2 N–H and O–H groups in total. The van der Waals surface area contributed by atoms with Crippen LogP contribution in [0.25, 0.3) is 5.52 Å². The van der Waals surface area contributed by atoms with Crippen LogP contribution >= 0.6 is 11.6 Å². The van der Waals surface area contributed by atoms with E-state index < -0.39 is 12.6 Å². The van der Waals surface area contributed by atoms with Crippen LogP contribution in [-0.2, 0) is 6.42 Å². The number of carbonyl (C=O) groups is 1. The fourth-order valence-electron chi connectivity index (χ4n) is 3.25. The molecule has 1 aliphatic rings. The Hall–Kier alpha value is -3.38. The summed E-state index contributed by atoms with van der Waals surface area (Å²) in [4.78, 5) is 11.9. The van der Waals surface area contributed by atoms with Gasteiger partial charge < -0.3 is 15.4 Å². The number of ether oxygens (including phenoxy) is 1. The van der Waals surface area contributed by atoms with Crippen LogP contribution in [0, 0.1) is 11.8 Å². The van der Waals surface area contributed by atoms with E-state index in [1.807, 2.05) is 0 Å². The molecule has 0 aliphatic heterocycles. The summed E-state index contributed by atoms with van der Waals surface area (Å²) in [7, 11) is 1.55. The zero-order valence-electron chi connectivity index (χ0n) is 17.6. The summed E-state index contributed by atoms with van der Waals surface area (Å²) < 4.78 is 46.5. The van der Waals surface area contributed by atoms with Gasteiger partial charge in [-0.3, -0.25) is 4.79 Å². The molecule has 2 heterocycles. The number of benzene rings is 1. The lowest BCUT2D eigenvalue weighted by Gasteiger charge is -2.13. The van der Waals surface area contributed by atoms with E-state index >= 15 is 0 Å². The van der Waals surface area contributed by atoms with Crippen LogP contribution in [0.15, 0.2) is 36.4 Å². The fraction of sp³-hybridized carbons (Fsp3) is 0.304. The van der Waals surface area contributed by atoms with Crippen molar-refractivity contribution in [1.29, 1.82) is 0 Å². The lowest BCUT2D eigenvalue weighted by molar-refractivity contribution is -0.127. The minimum atomic E-state index is -4.41. The molecular weight excluding hydrogens is 457 g/mol. The van der Waals surface area contributed by atoms with E-state index in [1.165, 1.54) is 10.6 Å². The molecule has 1 aromatic carbocycles. The smallest absolute Gasteiger partial charge is 0.393 e. The van der Waals surface area contributed by atoms with Crippen LogP contribution < -0.4 is 15.4 Å². The molecule has 1 aliphatic carbocycles. The van der Waals surface area contributed by atoms with Crippen molar-refractivity contribution in [3.8, 4) is 17.6 Å². The highest BCUT2D eigenvalue weighted by Crippen LogP contribution is 2.33. The highest BCUT2D eigenvalue weighted by atomic mass is 35.5. The molecule has 0 radical (unpaired) electrons. The van der Waals surface area contributed by atoms with Gasteiger partial charge in [0.2, 0.25) is 0 Å². The predicted octanol–water partition coefficient (Wildman–Crippen LogP) is 4.46. The molecule has 33 heavy (non-hydrogen) atoms. The highest BCUT2D eigenvalue weighted by Gasteiger charge is 2.31. The number of rotatable bonds is 6. The maximum atomic E-state index is 13.1. The van der Waals surface area contributed by atoms with Crippen molar-refractivity contribution in [1.82, 2.24) is 14.9 Å². The zero-order valence-corrected chi connectivity index (χ0v) is 18.3. The lowest BCUT2D eigenvalue weighted by Crippen LogP contribution is -2.18. The summed E-state index contributed by atoms with van der Waals surface area (Å²) in [5.41, 5.74) is 1.36. The van der Waals surface area contributed by atoms with E-state index in [9.17, 15) is 18.0 Å². The van der Waals surface area contributed by atoms with Gasteiger partial charge >= 0.3 is 6.18 Å². The maximum absolute atomic E-state index is 13.1. The SMILES string of the molecule is CNC(=O)c1ccc(NCC#Cc2nn3c(Cl)cccc3c2CC(F)(F)F)c(OC2CC2)c1. The average molecular weight is 477 g/mol. The first-order chi connectivity index (χ1) is 15.7. The first kappa shape index (κ1) is 22.8. The number of aromatic nitrogens is 2. The second-order valence-electron chi connectivity index (χ2n) is 7.53. The topological polar surface area (TPSA) is 67.7 Å². The molecule has 1 amide bonds. The van der Waals surface area contributed by atoms with Gasteiger partial charge in [-0.1, -0.05) is 23.6 Å². The van der Waals surface area contributed by atoms with E-state index in [0.29, 0.717) is 17.0 Å². The molecule has 0 bridgehead atoms. The number of halogens is 4.